The number of hydrogen-bond donors (Lipinski definition) is 3. The molecule has 4 aromatic rings. The van der Waals surface area contributed by atoms with Crippen molar-refractivity contribution in [3.63, 3.8) is 0 Å². The van der Waals surface area contributed by atoms with Crippen molar-refractivity contribution in [2.75, 3.05) is 33.9 Å². The number of benzene rings is 2. The zero-order chi connectivity index (χ0) is 43.9. The Kier molecular flexibility index (Phi) is 14.6. The van der Waals surface area contributed by atoms with Crippen LogP contribution in [0.2, 0.25) is 0 Å². The van der Waals surface area contributed by atoms with Crippen LogP contribution in [-0.2, 0) is 48.0 Å². The molecule has 0 radical (unpaired) electrons. The number of aromatic nitrogens is 2. The Labute approximate surface area is 348 Å². The van der Waals surface area contributed by atoms with Crippen molar-refractivity contribution >= 4 is 35.6 Å². The Morgan fingerprint density at radius 2 is 1.83 bits per heavy atom. The van der Waals surface area contributed by atoms with Crippen molar-refractivity contribution < 1.29 is 46.9 Å². The predicted molar refractivity (Wildman–Crippen MR) is 220 cm³/mol. The minimum Gasteiger partial charge on any atom is -0.508 e. The molecule has 1 fully saturated rings. The SMILES string of the molecule is CCn1c(-c2cccnc2C(OC)C(F)(F)F)c(CC(C)(C)COC=O)c2cc(-c3cc(O)cc(CC(NC(=O)C(C(C)C)N(C)C=O)C(=O)N4CCCCN4)c3)ccc21. The third-order valence-electron chi connectivity index (χ3n) is 10.8. The number of carbonyl (C=O) groups excluding carboxylic acids is 4. The second-order valence-corrected chi connectivity index (χ2v) is 16.4. The molecule has 1 aliphatic rings. The molecular weight excluding hydrogens is 782 g/mol. The van der Waals surface area contributed by atoms with Gasteiger partial charge in [0.2, 0.25) is 12.3 Å². The highest BCUT2D eigenvalue weighted by Gasteiger charge is 2.44. The molecule has 3 N–H and O–H groups in total. The molecule has 13 nitrogen and oxygen atoms in total. The average molecular weight is 837 g/mol. The molecule has 2 aromatic carbocycles. The number of amides is 3. The lowest BCUT2D eigenvalue weighted by atomic mass is 9.84. The molecule has 3 unspecified atom stereocenters. The van der Waals surface area contributed by atoms with Gasteiger partial charge in [-0.25, -0.2) is 5.43 Å². The average Bonchev–Trinajstić information content (AvgIpc) is 3.50. The minimum atomic E-state index is -4.75. The fraction of sp³-hybridized carbons (Fsp3) is 0.477. The van der Waals surface area contributed by atoms with Crippen LogP contribution in [0.3, 0.4) is 0 Å². The first-order chi connectivity index (χ1) is 28.4. The first-order valence-corrected chi connectivity index (χ1v) is 20.1. The minimum absolute atomic E-state index is 0.0121. The van der Waals surface area contributed by atoms with Gasteiger partial charge in [-0.3, -0.25) is 29.2 Å². The second-order valence-electron chi connectivity index (χ2n) is 16.4. The van der Waals surface area contributed by atoms with Crippen molar-refractivity contribution in [3.8, 4) is 28.1 Å². The van der Waals surface area contributed by atoms with Crippen LogP contribution >= 0.6 is 0 Å². The van der Waals surface area contributed by atoms with E-state index in [1.165, 1.54) is 29.2 Å². The Morgan fingerprint density at radius 3 is 2.45 bits per heavy atom. The number of nitrogens with zero attached hydrogens (tertiary/aromatic N) is 4. The van der Waals surface area contributed by atoms with Crippen LogP contribution in [0.1, 0.15) is 70.4 Å². The summed E-state index contributed by atoms with van der Waals surface area (Å²) in [6.07, 6.45) is -3.21. The lowest BCUT2D eigenvalue weighted by molar-refractivity contribution is -0.217. The molecule has 324 valence electrons. The summed E-state index contributed by atoms with van der Waals surface area (Å²) in [5.41, 5.74) is 6.13. The Morgan fingerprint density at radius 1 is 1.08 bits per heavy atom. The fourth-order valence-electron chi connectivity index (χ4n) is 8.17. The number of rotatable bonds is 18. The largest absolute Gasteiger partial charge is 0.508 e. The number of methoxy groups -OCH3 is 1. The quantitative estimate of drug-likeness (QED) is 0.0973. The molecule has 16 heteroatoms. The van der Waals surface area contributed by atoms with E-state index in [0.29, 0.717) is 60.5 Å². The van der Waals surface area contributed by atoms with E-state index in [9.17, 15) is 37.5 Å². The molecule has 2 aromatic heterocycles. The van der Waals surface area contributed by atoms with E-state index in [4.69, 9.17) is 9.47 Å². The molecule has 60 heavy (non-hydrogen) atoms. The highest BCUT2D eigenvalue weighted by molar-refractivity contribution is 5.95. The first kappa shape index (κ1) is 45.6. The van der Waals surface area contributed by atoms with Crippen LogP contribution in [0, 0.1) is 11.3 Å². The number of pyridine rings is 1. The van der Waals surface area contributed by atoms with Gasteiger partial charge in [0, 0.05) is 68.3 Å². The normalized spacial score (nSPS) is 15.1. The van der Waals surface area contributed by atoms with Gasteiger partial charge in [0.25, 0.3) is 12.4 Å². The second kappa shape index (κ2) is 19.3. The summed E-state index contributed by atoms with van der Waals surface area (Å²) in [6.45, 7) is 11.1. The zero-order valence-electron chi connectivity index (χ0n) is 35.1. The summed E-state index contributed by atoms with van der Waals surface area (Å²) in [5, 5.41) is 16.2. The summed E-state index contributed by atoms with van der Waals surface area (Å²) < 4.78 is 55.3. The van der Waals surface area contributed by atoms with Gasteiger partial charge in [0.05, 0.1) is 18.0 Å². The molecule has 1 aliphatic heterocycles. The first-order valence-electron chi connectivity index (χ1n) is 20.1. The van der Waals surface area contributed by atoms with Gasteiger partial charge in [0.15, 0.2) is 6.10 Å². The Bertz CT molecular complexity index is 2170. The number of phenolic OH excluding ortho intramolecular Hbond substituents is 1. The van der Waals surface area contributed by atoms with E-state index >= 15 is 0 Å². The predicted octanol–water partition coefficient (Wildman–Crippen LogP) is 6.35. The monoisotopic (exact) mass is 836 g/mol. The zero-order valence-corrected chi connectivity index (χ0v) is 35.1. The molecule has 5 rings (SSSR count). The maximum Gasteiger partial charge on any atom is 0.420 e. The summed E-state index contributed by atoms with van der Waals surface area (Å²) in [4.78, 5) is 56.1. The smallest absolute Gasteiger partial charge is 0.420 e. The highest BCUT2D eigenvalue weighted by Crippen LogP contribution is 2.44. The lowest BCUT2D eigenvalue weighted by Crippen LogP contribution is -2.58. The number of aryl methyl sites for hydroxylation is 1. The number of alkyl halides is 3. The van der Waals surface area contributed by atoms with Crippen molar-refractivity contribution in [1.82, 2.24) is 30.2 Å². The van der Waals surface area contributed by atoms with E-state index < -0.39 is 35.7 Å². The van der Waals surface area contributed by atoms with Crippen molar-refractivity contribution in [2.45, 2.75) is 91.2 Å². The van der Waals surface area contributed by atoms with Crippen molar-refractivity contribution in [3.05, 3.63) is 71.5 Å². The molecule has 3 atom stereocenters. The van der Waals surface area contributed by atoms with E-state index in [1.807, 2.05) is 63.5 Å². The molecule has 1 saturated heterocycles. The number of ether oxygens (including phenoxy) is 2. The number of phenols is 1. The molecule has 3 heterocycles. The Hall–Kier alpha value is -5.48. The number of halogens is 3. The summed E-state index contributed by atoms with van der Waals surface area (Å²) in [5.74, 6) is -1.19. The van der Waals surface area contributed by atoms with Gasteiger partial charge in [-0.05, 0) is 90.8 Å². The molecule has 0 saturated carbocycles. The molecule has 3 amide bonds. The van der Waals surface area contributed by atoms with Gasteiger partial charge in [0.1, 0.15) is 17.8 Å². The van der Waals surface area contributed by atoms with Gasteiger partial charge >= 0.3 is 6.18 Å². The molecule has 0 bridgehead atoms. The van der Waals surface area contributed by atoms with Crippen LogP contribution in [0.5, 0.6) is 5.75 Å². The van der Waals surface area contributed by atoms with Gasteiger partial charge in [-0.1, -0.05) is 39.8 Å². The van der Waals surface area contributed by atoms with Crippen LogP contribution in [0.25, 0.3) is 33.3 Å². The van der Waals surface area contributed by atoms with E-state index in [1.54, 1.807) is 18.2 Å². The Balaban J connectivity index is 1.65. The van der Waals surface area contributed by atoms with Gasteiger partial charge in [-0.2, -0.15) is 13.2 Å². The maximum absolute atomic E-state index is 14.4. The number of nitrogens with one attached hydrogen (secondary N) is 2. The highest BCUT2D eigenvalue weighted by atomic mass is 19.4. The molecular formula is C44H55F3N6O7. The standard InChI is InChI=1S/C44H55F3N6O7/c1-8-52-36-14-13-29(22-33(36)34(23-43(4,5)24-60-26-55)39(52)32-12-11-15-48-37(32)40(59-7)44(45,46)47)30-18-28(19-31(56)21-30)20-35(42(58)53-17-10-9-16-49-53)50-41(57)38(27(2)3)51(6)25-54/h11-15,18-19,21-22,25-27,35,38,40,49,56H,8-10,16-17,20,23-24H2,1-7H3,(H,50,57). The van der Waals surface area contributed by atoms with E-state index in [0.717, 1.165) is 30.9 Å². The van der Waals surface area contributed by atoms with E-state index in [-0.39, 0.29) is 48.3 Å². The fourth-order valence-corrected chi connectivity index (χ4v) is 8.17. The van der Waals surface area contributed by atoms with Crippen LogP contribution < -0.4 is 10.7 Å². The topological polar surface area (TPSA) is 155 Å². The number of likely N-dealkylation sites (N-methyl/N-ethyl adjacent to an activating group) is 1. The third kappa shape index (κ3) is 10.3. The summed E-state index contributed by atoms with van der Waals surface area (Å²) >= 11 is 0. The van der Waals surface area contributed by atoms with Crippen molar-refractivity contribution in [1.29, 1.82) is 0 Å². The van der Waals surface area contributed by atoms with Crippen LogP contribution in [-0.4, -0.2) is 101 Å². The molecule has 0 aliphatic carbocycles. The number of hydrogen-bond acceptors (Lipinski definition) is 9. The summed E-state index contributed by atoms with van der Waals surface area (Å²) in [7, 11) is 2.50. The van der Waals surface area contributed by atoms with Crippen LogP contribution in [0.15, 0.2) is 54.7 Å². The van der Waals surface area contributed by atoms with E-state index in [2.05, 4.69) is 15.7 Å². The lowest BCUT2D eigenvalue weighted by Gasteiger charge is -2.33. The number of aromatic hydroxyl groups is 1. The third-order valence-corrected chi connectivity index (χ3v) is 10.8. The van der Waals surface area contributed by atoms with Gasteiger partial charge < -0.3 is 29.4 Å². The van der Waals surface area contributed by atoms with Crippen molar-refractivity contribution in [2.24, 2.45) is 11.3 Å². The van der Waals surface area contributed by atoms with Crippen LogP contribution in [0.4, 0.5) is 13.2 Å². The molecule has 0 spiro atoms. The number of carbonyl (C=O) groups is 4. The maximum atomic E-state index is 14.4. The van der Waals surface area contributed by atoms with Gasteiger partial charge in [-0.15, -0.1) is 0 Å². The summed E-state index contributed by atoms with van der Waals surface area (Å²) in [6, 6.07) is 11.8. The number of fused-ring (bicyclic) bond motifs is 1. The number of hydrazine groups is 1.